The summed E-state index contributed by atoms with van der Waals surface area (Å²) in [5.41, 5.74) is 10.2. The third-order valence-electron chi connectivity index (χ3n) is 4.96. The zero-order valence-electron chi connectivity index (χ0n) is 17.0. The van der Waals surface area contributed by atoms with Crippen LogP contribution in [0.25, 0.3) is 11.0 Å². The van der Waals surface area contributed by atoms with Gasteiger partial charge in [-0.3, -0.25) is 0 Å². The first-order valence-corrected chi connectivity index (χ1v) is 10.9. The third kappa shape index (κ3) is 4.92. The lowest BCUT2D eigenvalue weighted by Crippen LogP contribution is -2.09. The molecule has 0 bridgehead atoms. The fourth-order valence-electron chi connectivity index (χ4n) is 3.16. The second kappa shape index (κ2) is 10.2. The fourth-order valence-corrected chi connectivity index (χ4v) is 4.26. The van der Waals surface area contributed by atoms with Gasteiger partial charge in [-0.25, -0.2) is 9.97 Å². The standard InChI is InChI=1S/C20H34N4OS/c1-6-7-12-26-13-10-8-9-11-24-18-14(2)15(3)22-19(21)17(18)23-20(24)16(4)25-5/h16H,6-13H2,1-5H3,(H2,21,22). The first-order chi connectivity index (χ1) is 12.5. The molecule has 0 saturated heterocycles. The van der Waals surface area contributed by atoms with Gasteiger partial charge in [0.05, 0.1) is 5.52 Å². The Bertz CT molecular complexity index is 714. The number of nitrogen functional groups attached to an aromatic ring is 1. The van der Waals surface area contributed by atoms with Crippen molar-refractivity contribution in [2.24, 2.45) is 0 Å². The van der Waals surface area contributed by atoms with E-state index in [9.17, 15) is 0 Å². The van der Waals surface area contributed by atoms with Gasteiger partial charge in [0.15, 0.2) is 5.82 Å². The third-order valence-corrected chi connectivity index (χ3v) is 6.11. The van der Waals surface area contributed by atoms with Gasteiger partial charge >= 0.3 is 0 Å². The molecule has 2 heterocycles. The zero-order chi connectivity index (χ0) is 19.1. The summed E-state index contributed by atoms with van der Waals surface area (Å²) in [6.07, 6.45) is 6.21. The number of nitrogens with zero attached hydrogens (tertiary/aromatic N) is 3. The Morgan fingerprint density at radius 3 is 2.54 bits per heavy atom. The molecule has 0 aromatic carbocycles. The normalized spacial score (nSPS) is 12.8. The van der Waals surface area contributed by atoms with Gasteiger partial charge in [0.25, 0.3) is 0 Å². The van der Waals surface area contributed by atoms with Crippen LogP contribution in [0.5, 0.6) is 0 Å². The maximum absolute atomic E-state index is 6.15. The van der Waals surface area contributed by atoms with E-state index in [1.807, 2.05) is 13.8 Å². The number of anilines is 1. The SMILES string of the molecule is CCCCSCCCCCn1c(C(C)OC)nc2c(N)nc(C)c(C)c21. The van der Waals surface area contributed by atoms with Crippen molar-refractivity contribution in [1.29, 1.82) is 0 Å². The molecule has 2 N–H and O–H groups in total. The van der Waals surface area contributed by atoms with Gasteiger partial charge in [-0.05, 0) is 57.1 Å². The summed E-state index contributed by atoms with van der Waals surface area (Å²) in [6, 6.07) is 0. The van der Waals surface area contributed by atoms with Crippen LogP contribution in [-0.4, -0.2) is 33.2 Å². The highest BCUT2D eigenvalue weighted by molar-refractivity contribution is 7.99. The van der Waals surface area contributed by atoms with Crippen LogP contribution in [0.1, 0.15) is 69.1 Å². The minimum atomic E-state index is -0.0638. The van der Waals surface area contributed by atoms with E-state index in [-0.39, 0.29) is 6.10 Å². The Balaban J connectivity index is 2.11. The summed E-state index contributed by atoms with van der Waals surface area (Å²) in [6.45, 7) is 9.35. The highest BCUT2D eigenvalue weighted by atomic mass is 32.2. The van der Waals surface area contributed by atoms with Crippen LogP contribution in [0.4, 0.5) is 5.82 Å². The van der Waals surface area contributed by atoms with E-state index in [0.29, 0.717) is 5.82 Å². The first kappa shape index (κ1) is 21.0. The van der Waals surface area contributed by atoms with Crippen LogP contribution in [0.3, 0.4) is 0 Å². The topological polar surface area (TPSA) is 66.0 Å². The zero-order valence-corrected chi connectivity index (χ0v) is 17.8. The molecule has 1 unspecified atom stereocenters. The molecule has 1 atom stereocenters. The Labute approximate surface area is 162 Å². The quantitative estimate of drug-likeness (QED) is 0.555. The fraction of sp³-hybridized carbons (Fsp3) is 0.700. The number of aromatic nitrogens is 3. The Kier molecular flexibility index (Phi) is 8.22. The number of fused-ring (bicyclic) bond motifs is 1. The number of unbranched alkanes of at least 4 members (excludes halogenated alkanes) is 3. The van der Waals surface area contributed by atoms with Crippen molar-refractivity contribution in [3.05, 3.63) is 17.1 Å². The average molecular weight is 379 g/mol. The Morgan fingerprint density at radius 1 is 1.12 bits per heavy atom. The molecule has 0 saturated carbocycles. The molecule has 0 spiro atoms. The molecule has 6 heteroatoms. The minimum Gasteiger partial charge on any atom is -0.382 e. The van der Waals surface area contributed by atoms with Crippen molar-refractivity contribution in [1.82, 2.24) is 14.5 Å². The Hall–Kier alpha value is -1.27. The molecular formula is C20H34N4OS. The molecule has 0 fully saturated rings. The molecule has 0 amide bonds. The lowest BCUT2D eigenvalue weighted by Gasteiger charge is -2.15. The Morgan fingerprint density at radius 2 is 1.85 bits per heavy atom. The van der Waals surface area contributed by atoms with Crippen molar-refractivity contribution in [3.63, 3.8) is 0 Å². The number of hydrogen-bond donors (Lipinski definition) is 1. The van der Waals surface area contributed by atoms with E-state index < -0.39 is 0 Å². The van der Waals surface area contributed by atoms with Crippen molar-refractivity contribution < 1.29 is 4.74 Å². The maximum Gasteiger partial charge on any atom is 0.151 e. The van der Waals surface area contributed by atoms with E-state index >= 15 is 0 Å². The average Bonchev–Trinajstić information content (AvgIpc) is 3.01. The van der Waals surface area contributed by atoms with E-state index in [1.54, 1.807) is 7.11 Å². The number of rotatable bonds is 11. The van der Waals surface area contributed by atoms with Crippen molar-refractivity contribution >= 4 is 28.6 Å². The number of ether oxygens (including phenoxy) is 1. The highest BCUT2D eigenvalue weighted by Crippen LogP contribution is 2.29. The monoisotopic (exact) mass is 378 g/mol. The molecule has 0 aliphatic rings. The summed E-state index contributed by atoms with van der Waals surface area (Å²) in [5, 5.41) is 0. The van der Waals surface area contributed by atoms with Crippen molar-refractivity contribution in [3.8, 4) is 0 Å². The molecule has 2 aromatic heterocycles. The smallest absolute Gasteiger partial charge is 0.151 e. The van der Waals surface area contributed by atoms with E-state index in [4.69, 9.17) is 15.5 Å². The molecular weight excluding hydrogens is 344 g/mol. The predicted molar refractivity (Wildman–Crippen MR) is 113 cm³/mol. The number of thioether (sulfide) groups is 1. The number of methoxy groups -OCH3 is 1. The largest absolute Gasteiger partial charge is 0.382 e. The van der Waals surface area contributed by atoms with E-state index in [2.05, 4.69) is 35.2 Å². The summed E-state index contributed by atoms with van der Waals surface area (Å²) in [4.78, 5) is 9.22. The molecule has 0 radical (unpaired) electrons. The minimum absolute atomic E-state index is 0.0638. The maximum atomic E-state index is 6.15. The number of pyridine rings is 1. The van der Waals surface area contributed by atoms with Gasteiger partial charge in [-0.15, -0.1) is 0 Å². The molecule has 2 rings (SSSR count). The van der Waals surface area contributed by atoms with Crippen LogP contribution in [0, 0.1) is 13.8 Å². The second-order valence-electron chi connectivity index (χ2n) is 6.93. The van der Waals surface area contributed by atoms with Crippen LogP contribution < -0.4 is 5.73 Å². The van der Waals surface area contributed by atoms with E-state index in [0.717, 1.165) is 41.1 Å². The van der Waals surface area contributed by atoms with Gasteiger partial charge in [0, 0.05) is 19.3 Å². The molecule has 5 nitrogen and oxygen atoms in total. The lowest BCUT2D eigenvalue weighted by molar-refractivity contribution is 0.109. The van der Waals surface area contributed by atoms with Crippen LogP contribution in [-0.2, 0) is 11.3 Å². The molecule has 146 valence electrons. The molecule has 2 aromatic rings. The lowest BCUT2D eigenvalue weighted by atomic mass is 10.2. The van der Waals surface area contributed by atoms with Crippen LogP contribution in [0.15, 0.2) is 0 Å². The van der Waals surface area contributed by atoms with Gasteiger partial charge < -0.3 is 15.0 Å². The summed E-state index contributed by atoms with van der Waals surface area (Å²) >= 11 is 2.08. The van der Waals surface area contributed by atoms with Gasteiger partial charge in [0.1, 0.15) is 17.4 Å². The summed E-state index contributed by atoms with van der Waals surface area (Å²) < 4.78 is 7.85. The number of aryl methyl sites for hydroxylation is 3. The number of imidazole rings is 1. The molecule has 26 heavy (non-hydrogen) atoms. The highest BCUT2D eigenvalue weighted by Gasteiger charge is 2.20. The van der Waals surface area contributed by atoms with Gasteiger partial charge in [0.2, 0.25) is 0 Å². The number of hydrogen-bond acceptors (Lipinski definition) is 5. The van der Waals surface area contributed by atoms with Crippen molar-refractivity contribution in [2.75, 3.05) is 24.3 Å². The van der Waals surface area contributed by atoms with Gasteiger partial charge in [-0.2, -0.15) is 11.8 Å². The summed E-state index contributed by atoms with van der Waals surface area (Å²) in [5.74, 6) is 4.02. The van der Waals surface area contributed by atoms with Gasteiger partial charge in [-0.1, -0.05) is 19.8 Å². The van der Waals surface area contributed by atoms with Crippen LogP contribution >= 0.6 is 11.8 Å². The van der Waals surface area contributed by atoms with Crippen LogP contribution in [0.2, 0.25) is 0 Å². The molecule has 0 aliphatic heterocycles. The first-order valence-electron chi connectivity index (χ1n) is 9.74. The van der Waals surface area contributed by atoms with E-state index in [1.165, 1.54) is 37.2 Å². The number of nitrogens with two attached hydrogens (primary N) is 1. The second-order valence-corrected chi connectivity index (χ2v) is 8.16. The molecule has 0 aliphatic carbocycles. The summed E-state index contributed by atoms with van der Waals surface area (Å²) in [7, 11) is 1.72. The van der Waals surface area contributed by atoms with Crippen molar-refractivity contribution in [2.45, 2.75) is 72.4 Å². The predicted octanol–water partition coefficient (Wildman–Crippen LogP) is 5.04.